The lowest BCUT2D eigenvalue weighted by Crippen LogP contribution is -2.64. The number of aryl methyl sites for hydroxylation is 1. The first kappa shape index (κ1) is 73.0. The summed E-state index contributed by atoms with van der Waals surface area (Å²) in [4.78, 5) is 168. The molecule has 2 aromatic rings. The van der Waals surface area contributed by atoms with Crippen LogP contribution in [0.15, 0.2) is 42.5 Å². The lowest BCUT2D eigenvalue weighted by Gasteiger charge is -2.40. The first-order valence-corrected chi connectivity index (χ1v) is 32.2. The van der Waals surface area contributed by atoms with Gasteiger partial charge < -0.3 is 55.6 Å². The standard InChI is InChI=1S/C64H90Cl2F3N11O11/c1-12-37(2)53-61(90)75(7)35-51(82)74(6)36-52(83)78(10)49(34-43-22-15-16-23-45(43)65)60(89)77(9)40(5)55(84)71-47(28-26-41-25-27-44(46(66)33-41)64(67,68)69)59(88)80-31-19-24-48(80)57(86)73-63(29-17-18-30-63)62(91)79(11)54(42-20-13-14-21-42)58(87)70-38(3)32-50(81)76(8)39(4)56(85)72-53/h15-16,22-23,25,27,33,37-40,42,47-49,53-54H,12-14,17-21,24,26,28-32,34-36H2,1-11H3,(H,70,87)(H,71,84)(H,72,85)(H,73,86)/t37-,38+,39-,40+,47-,48?,49-,53-,54-/m0/s1. The average molecular weight is 1320 g/mol. The molecular formula is C64H90Cl2F3N11O11. The fourth-order valence-corrected chi connectivity index (χ4v) is 13.2. The molecule has 27 heteroatoms. The summed E-state index contributed by atoms with van der Waals surface area (Å²) in [5, 5.41) is 11.2. The molecule has 9 atom stereocenters. The number of amides is 11. The zero-order valence-corrected chi connectivity index (χ0v) is 55.6. The second kappa shape index (κ2) is 31.5. The van der Waals surface area contributed by atoms with Crippen molar-refractivity contribution in [1.82, 2.24) is 55.6 Å². The molecule has 1 unspecified atom stereocenters. The molecule has 2 aliphatic carbocycles. The predicted octanol–water partition coefficient (Wildman–Crippen LogP) is 4.99. The van der Waals surface area contributed by atoms with Crippen LogP contribution in [0, 0.1) is 11.8 Å². The number of likely N-dealkylation sites (N-methyl/N-ethyl adjacent to an activating group) is 6. The van der Waals surface area contributed by atoms with E-state index < -0.39 is 155 Å². The van der Waals surface area contributed by atoms with Crippen LogP contribution in [0.5, 0.6) is 0 Å². The van der Waals surface area contributed by atoms with E-state index in [-0.39, 0.29) is 68.0 Å². The maximum atomic E-state index is 15.2. The summed E-state index contributed by atoms with van der Waals surface area (Å²) in [6.45, 7) is 6.97. The molecule has 2 aliphatic heterocycles. The lowest BCUT2D eigenvalue weighted by atomic mass is 9.90. The van der Waals surface area contributed by atoms with Gasteiger partial charge in [0.1, 0.15) is 47.8 Å². The van der Waals surface area contributed by atoms with Crippen molar-refractivity contribution in [2.45, 2.75) is 191 Å². The number of nitrogens with one attached hydrogen (secondary N) is 4. The largest absolute Gasteiger partial charge is 0.417 e. The Balaban J connectivity index is 1.38. The Labute approximate surface area is 541 Å². The van der Waals surface area contributed by atoms with Crippen LogP contribution >= 0.6 is 23.2 Å². The molecule has 2 aromatic carbocycles. The Morgan fingerprint density at radius 2 is 1.25 bits per heavy atom. The summed E-state index contributed by atoms with van der Waals surface area (Å²) in [6.07, 6.45) is -0.224. The molecule has 2 heterocycles. The third-order valence-electron chi connectivity index (χ3n) is 19.0. The van der Waals surface area contributed by atoms with Gasteiger partial charge in [-0.15, -0.1) is 0 Å². The molecule has 0 radical (unpaired) electrons. The van der Waals surface area contributed by atoms with Gasteiger partial charge in [-0.2, -0.15) is 13.2 Å². The third-order valence-corrected chi connectivity index (χ3v) is 19.6. The van der Waals surface area contributed by atoms with Crippen molar-refractivity contribution >= 4 is 88.2 Å². The summed E-state index contributed by atoms with van der Waals surface area (Å²) in [6, 6.07) is 0.270. The van der Waals surface area contributed by atoms with Crippen molar-refractivity contribution in [2.24, 2.45) is 11.8 Å². The Hall–Kier alpha value is -7.02. The third kappa shape index (κ3) is 17.8. The minimum atomic E-state index is -4.76. The van der Waals surface area contributed by atoms with Gasteiger partial charge in [-0.3, -0.25) is 52.7 Å². The predicted molar refractivity (Wildman–Crippen MR) is 334 cm³/mol. The van der Waals surface area contributed by atoms with Gasteiger partial charge in [-0.1, -0.05) is 93.4 Å². The van der Waals surface area contributed by atoms with E-state index in [1.165, 1.54) is 76.9 Å². The molecule has 4 N–H and O–H groups in total. The molecule has 502 valence electrons. The highest BCUT2D eigenvalue weighted by atomic mass is 35.5. The second-order valence-electron chi connectivity index (χ2n) is 25.3. The molecule has 2 saturated heterocycles. The van der Waals surface area contributed by atoms with Crippen molar-refractivity contribution in [3.63, 3.8) is 0 Å². The Morgan fingerprint density at radius 1 is 0.637 bits per heavy atom. The number of halogens is 5. The number of carbonyl (C=O) groups excluding carboxylic acids is 11. The Bertz CT molecular complexity index is 3040. The van der Waals surface area contributed by atoms with Crippen molar-refractivity contribution in [3.8, 4) is 0 Å². The molecule has 11 amide bonds. The van der Waals surface area contributed by atoms with Crippen LogP contribution in [-0.4, -0.2) is 215 Å². The second-order valence-corrected chi connectivity index (χ2v) is 26.2. The number of benzene rings is 2. The van der Waals surface area contributed by atoms with E-state index in [2.05, 4.69) is 21.3 Å². The zero-order valence-electron chi connectivity index (χ0n) is 54.1. The van der Waals surface area contributed by atoms with E-state index in [0.29, 0.717) is 44.1 Å². The van der Waals surface area contributed by atoms with E-state index in [4.69, 9.17) is 23.2 Å². The van der Waals surface area contributed by atoms with Crippen molar-refractivity contribution < 1.29 is 65.9 Å². The van der Waals surface area contributed by atoms with Crippen LogP contribution in [0.2, 0.25) is 10.0 Å². The molecule has 6 rings (SSSR count). The number of hydrogen-bond donors (Lipinski definition) is 4. The number of nitrogens with zero attached hydrogens (tertiary/aromatic N) is 7. The molecule has 4 aliphatic rings. The summed E-state index contributed by atoms with van der Waals surface area (Å²) in [5.41, 5.74) is -1.84. The van der Waals surface area contributed by atoms with E-state index in [9.17, 15) is 56.3 Å². The van der Waals surface area contributed by atoms with Crippen LogP contribution in [0.4, 0.5) is 13.2 Å². The van der Waals surface area contributed by atoms with Crippen LogP contribution in [0.25, 0.3) is 0 Å². The monoisotopic (exact) mass is 1320 g/mol. The quantitative estimate of drug-likeness (QED) is 0.274. The first-order chi connectivity index (χ1) is 42.7. The number of fused-ring (bicyclic) bond motifs is 1. The highest BCUT2D eigenvalue weighted by Crippen LogP contribution is 2.38. The van der Waals surface area contributed by atoms with Gasteiger partial charge in [0.2, 0.25) is 65.0 Å². The highest BCUT2D eigenvalue weighted by Gasteiger charge is 2.50. The van der Waals surface area contributed by atoms with Gasteiger partial charge in [-0.25, -0.2) is 0 Å². The molecule has 1 spiro atoms. The summed E-state index contributed by atoms with van der Waals surface area (Å²) in [7, 11) is 8.30. The maximum absolute atomic E-state index is 15.2. The van der Waals surface area contributed by atoms with Gasteiger partial charge >= 0.3 is 6.18 Å². The van der Waals surface area contributed by atoms with E-state index in [0.717, 1.165) is 44.6 Å². The van der Waals surface area contributed by atoms with Gasteiger partial charge in [0.15, 0.2) is 0 Å². The molecule has 2 saturated carbocycles. The first-order valence-electron chi connectivity index (χ1n) is 31.4. The molecular weight excluding hydrogens is 1230 g/mol. The normalized spacial score (nSPS) is 26.7. The van der Waals surface area contributed by atoms with E-state index in [1.54, 1.807) is 38.1 Å². The average Bonchev–Trinajstić information content (AvgIpc) is 2.44. The summed E-state index contributed by atoms with van der Waals surface area (Å²) in [5.74, 6) is -7.99. The van der Waals surface area contributed by atoms with Crippen LogP contribution in [0.3, 0.4) is 0 Å². The van der Waals surface area contributed by atoms with Gasteiger partial charge in [-0.05, 0) is 113 Å². The topological polar surface area (TPSA) is 259 Å². The summed E-state index contributed by atoms with van der Waals surface area (Å²) >= 11 is 12.7. The number of rotatable bonds is 8. The maximum Gasteiger partial charge on any atom is 0.417 e. The van der Waals surface area contributed by atoms with E-state index in [1.807, 2.05) is 6.92 Å². The molecule has 4 fully saturated rings. The van der Waals surface area contributed by atoms with Crippen LogP contribution < -0.4 is 21.3 Å². The SMILES string of the molecule is CC[C@H](C)[C@@H]1NC(=O)[C@H](C)N(C)C(=O)C[C@@H](C)NC(=O)[C@H](C2CCCC2)N(C)C(=O)C2(CCCC2)NC(=O)C2CCCN2C(=O)[C@H](CCc2ccc(C(F)(F)F)c(Cl)c2)NC(=O)[C@@H](C)N(C)C(=O)[C@H](Cc2ccccc2Cl)N(C)C(=O)CN(C)C(=O)CN(C)C1=O. The van der Waals surface area contributed by atoms with Crippen molar-refractivity contribution in [1.29, 1.82) is 0 Å². The minimum absolute atomic E-state index is 0.0368. The summed E-state index contributed by atoms with van der Waals surface area (Å²) < 4.78 is 41.4. The molecule has 0 bridgehead atoms. The Kier molecular flexibility index (Phi) is 25.3. The Morgan fingerprint density at radius 3 is 1.87 bits per heavy atom. The van der Waals surface area contributed by atoms with Crippen molar-refractivity contribution in [3.05, 3.63) is 69.2 Å². The van der Waals surface area contributed by atoms with Gasteiger partial charge in [0, 0.05) is 72.7 Å². The molecule has 22 nitrogen and oxygen atoms in total. The number of alkyl halides is 3. The van der Waals surface area contributed by atoms with Crippen LogP contribution in [0.1, 0.15) is 135 Å². The lowest BCUT2D eigenvalue weighted by molar-refractivity contribution is -0.150. The molecule has 91 heavy (non-hydrogen) atoms. The smallest absolute Gasteiger partial charge is 0.351 e. The van der Waals surface area contributed by atoms with E-state index >= 15 is 9.59 Å². The van der Waals surface area contributed by atoms with Gasteiger partial charge in [0.25, 0.3) is 0 Å². The minimum Gasteiger partial charge on any atom is -0.351 e. The van der Waals surface area contributed by atoms with Gasteiger partial charge in [0.05, 0.1) is 23.7 Å². The number of carbonyl (C=O) groups is 11. The fraction of sp³-hybridized carbons (Fsp3) is 0.641. The fourth-order valence-electron chi connectivity index (χ4n) is 12.7. The zero-order chi connectivity index (χ0) is 67.6. The van der Waals surface area contributed by atoms with Crippen LogP contribution in [-0.2, 0) is 71.8 Å². The van der Waals surface area contributed by atoms with Crippen molar-refractivity contribution in [2.75, 3.05) is 61.9 Å². The number of hydrogen-bond acceptors (Lipinski definition) is 11. The highest BCUT2D eigenvalue weighted by molar-refractivity contribution is 6.31. The molecule has 0 aromatic heterocycles.